The monoisotopic (exact) mass is 194 g/mol. The Hall–Kier alpha value is -1.91. The van der Waals surface area contributed by atoms with Gasteiger partial charge in [-0.3, -0.25) is 4.79 Å². The topological polar surface area (TPSA) is 79.3 Å². The van der Waals surface area contributed by atoms with Crippen molar-refractivity contribution in [3.05, 3.63) is 23.5 Å². The second-order valence-corrected chi connectivity index (χ2v) is 2.87. The van der Waals surface area contributed by atoms with Crippen molar-refractivity contribution in [2.45, 2.75) is 13.8 Å². The molecule has 14 heavy (non-hydrogen) atoms. The molecule has 0 saturated carbocycles. The van der Waals surface area contributed by atoms with Gasteiger partial charge in [-0.1, -0.05) is 0 Å². The van der Waals surface area contributed by atoms with Crippen LogP contribution in [0.2, 0.25) is 0 Å². The molecule has 0 bridgehead atoms. The Labute approximate surface area is 80.8 Å². The quantitative estimate of drug-likeness (QED) is 0.737. The molecule has 0 radical (unpaired) electrons. The molecule has 0 aliphatic rings. The van der Waals surface area contributed by atoms with E-state index in [1.165, 1.54) is 19.2 Å². The van der Waals surface area contributed by atoms with Gasteiger partial charge >= 0.3 is 5.97 Å². The lowest BCUT2D eigenvalue weighted by Crippen LogP contribution is -2.09. The number of nitrogens with zero attached hydrogens (tertiary/aromatic N) is 1. The van der Waals surface area contributed by atoms with E-state index in [0.717, 1.165) is 0 Å². The van der Waals surface area contributed by atoms with Gasteiger partial charge in [-0.15, -0.1) is 0 Å². The minimum absolute atomic E-state index is 0.0309. The molecule has 0 fully saturated rings. The van der Waals surface area contributed by atoms with Crippen molar-refractivity contribution < 1.29 is 14.7 Å². The van der Waals surface area contributed by atoms with Crippen LogP contribution in [0.4, 0.5) is 5.69 Å². The van der Waals surface area contributed by atoms with E-state index in [9.17, 15) is 9.59 Å². The van der Waals surface area contributed by atoms with Crippen LogP contribution in [-0.4, -0.2) is 22.0 Å². The predicted octanol–water partition coefficient (Wildman–Crippen LogP) is 1.05. The third-order valence-electron chi connectivity index (χ3n) is 1.64. The van der Waals surface area contributed by atoms with Crippen LogP contribution in [0, 0.1) is 6.92 Å². The molecule has 0 aromatic carbocycles. The third kappa shape index (κ3) is 2.29. The fourth-order valence-electron chi connectivity index (χ4n) is 0.993. The summed E-state index contributed by atoms with van der Waals surface area (Å²) in [5.41, 5.74) is 1.17. The number of carboxylic acids is 1. The molecule has 5 nitrogen and oxygen atoms in total. The molecule has 0 aliphatic heterocycles. The lowest BCUT2D eigenvalue weighted by atomic mass is 10.2. The number of hydrogen-bond acceptors (Lipinski definition) is 3. The molecule has 0 spiro atoms. The zero-order valence-electron chi connectivity index (χ0n) is 7.87. The number of hydrogen-bond donors (Lipinski definition) is 2. The number of aromatic carboxylic acids is 1. The molecule has 2 N–H and O–H groups in total. The lowest BCUT2D eigenvalue weighted by molar-refractivity contribution is -0.114. The Morgan fingerprint density at radius 2 is 2.14 bits per heavy atom. The van der Waals surface area contributed by atoms with Gasteiger partial charge in [0.1, 0.15) is 5.69 Å². The number of rotatable bonds is 2. The van der Waals surface area contributed by atoms with E-state index >= 15 is 0 Å². The Bertz CT molecular complexity index is 388. The van der Waals surface area contributed by atoms with Crippen LogP contribution >= 0.6 is 0 Å². The average molecular weight is 194 g/mol. The van der Waals surface area contributed by atoms with Crippen LogP contribution in [-0.2, 0) is 4.79 Å². The summed E-state index contributed by atoms with van der Waals surface area (Å²) in [6.07, 6.45) is 1.33. The highest BCUT2D eigenvalue weighted by molar-refractivity contribution is 5.90. The Morgan fingerprint density at radius 1 is 1.50 bits per heavy atom. The summed E-state index contributed by atoms with van der Waals surface area (Å²) in [4.78, 5) is 24.9. The number of amides is 1. The van der Waals surface area contributed by atoms with Crippen LogP contribution in [0.5, 0.6) is 0 Å². The highest BCUT2D eigenvalue weighted by atomic mass is 16.4. The Balaban J connectivity index is 3.01. The molecule has 74 valence electrons. The maximum atomic E-state index is 10.7. The number of anilines is 1. The van der Waals surface area contributed by atoms with Gasteiger partial charge < -0.3 is 10.4 Å². The van der Waals surface area contributed by atoms with Gasteiger partial charge in [-0.05, 0) is 18.6 Å². The number of nitrogens with one attached hydrogen (secondary N) is 1. The first-order valence-corrected chi connectivity index (χ1v) is 3.98. The first-order chi connectivity index (χ1) is 6.50. The molecule has 0 saturated heterocycles. The highest BCUT2D eigenvalue weighted by Gasteiger charge is 2.07. The standard InChI is InChI=1S/C9H10N2O3/c1-5-3-7(9(13)14)10-4-8(5)11-6(2)12/h3-4H,1-2H3,(H,11,12)(H,13,14). The lowest BCUT2D eigenvalue weighted by Gasteiger charge is -2.05. The van der Waals surface area contributed by atoms with Crippen LogP contribution in [0.3, 0.4) is 0 Å². The average Bonchev–Trinajstić information content (AvgIpc) is 2.07. The summed E-state index contributed by atoms with van der Waals surface area (Å²) >= 11 is 0. The highest BCUT2D eigenvalue weighted by Crippen LogP contribution is 2.13. The van der Waals surface area contributed by atoms with E-state index in [4.69, 9.17) is 5.11 Å². The molecular weight excluding hydrogens is 184 g/mol. The number of aromatic nitrogens is 1. The zero-order chi connectivity index (χ0) is 10.7. The SMILES string of the molecule is CC(=O)Nc1cnc(C(=O)O)cc1C. The maximum absolute atomic E-state index is 10.7. The van der Waals surface area contributed by atoms with Crippen molar-refractivity contribution in [1.82, 2.24) is 4.98 Å². The Kier molecular flexibility index (Phi) is 2.81. The minimum Gasteiger partial charge on any atom is -0.477 e. The molecular formula is C9H10N2O3. The molecule has 1 amide bonds. The van der Waals surface area contributed by atoms with E-state index in [1.807, 2.05) is 0 Å². The fourth-order valence-corrected chi connectivity index (χ4v) is 0.993. The summed E-state index contributed by atoms with van der Waals surface area (Å²) in [5.74, 6) is -1.29. The van der Waals surface area contributed by atoms with E-state index < -0.39 is 5.97 Å². The van der Waals surface area contributed by atoms with Gasteiger partial charge in [0.2, 0.25) is 5.91 Å². The van der Waals surface area contributed by atoms with Crippen LogP contribution < -0.4 is 5.32 Å². The van der Waals surface area contributed by atoms with Crippen molar-refractivity contribution in [2.24, 2.45) is 0 Å². The summed E-state index contributed by atoms with van der Waals surface area (Å²) in [6, 6.07) is 1.41. The van der Waals surface area contributed by atoms with E-state index in [2.05, 4.69) is 10.3 Å². The summed E-state index contributed by atoms with van der Waals surface area (Å²) in [5, 5.41) is 11.2. The predicted molar refractivity (Wildman–Crippen MR) is 50.2 cm³/mol. The number of carboxylic acid groups (broad SMARTS) is 1. The molecule has 0 unspecified atom stereocenters. The minimum atomic E-state index is -1.08. The third-order valence-corrected chi connectivity index (χ3v) is 1.64. The second kappa shape index (κ2) is 3.87. The van der Waals surface area contributed by atoms with Gasteiger partial charge in [-0.25, -0.2) is 9.78 Å². The van der Waals surface area contributed by atoms with Crippen LogP contribution in [0.1, 0.15) is 23.0 Å². The van der Waals surface area contributed by atoms with E-state index in [0.29, 0.717) is 11.3 Å². The second-order valence-electron chi connectivity index (χ2n) is 2.87. The van der Waals surface area contributed by atoms with E-state index in [1.54, 1.807) is 6.92 Å². The molecule has 0 aliphatic carbocycles. The summed E-state index contributed by atoms with van der Waals surface area (Å²) < 4.78 is 0. The largest absolute Gasteiger partial charge is 0.477 e. The number of aryl methyl sites for hydroxylation is 1. The van der Waals surface area contributed by atoms with Crippen LogP contribution in [0.25, 0.3) is 0 Å². The fraction of sp³-hybridized carbons (Fsp3) is 0.222. The smallest absolute Gasteiger partial charge is 0.354 e. The van der Waals surface area contributed by atoms with Gasteiger partial charge in [0.25, 0.3) is 0 Å². The van der Waals surface area contributed by atoms with Crippen molar-refractivity contribution in [3.63, 3.8) is 0 Å². The number of carbonyl (C=O) groups is 2. The maximum Gasteiger partial charge on any atom is 0.354 e. The molecule has 1 aromatic rings. The van der Waals surface area contributed by atoms with Gasteiger partial charge in [-0.2, -0.15) is 0 Å². The number of carbonyl (C=O) groups excluding carboxylic acids is 1. The van der Waals surface area contributed by atoms with Crippen molar-refractivity contribution in [1.29, 1.82) is 0 Å². The number of pyridine rings is 1. The van der Waals surface area contributed by atoms with Gasteiger partial charge in [0.05, 0.1) is 11.9 Å². The summed E-state index contributed by atoms with van der Waals surface area (Å²) in [6.45, 7) is 3.09. The first kappa shape index (κ1) is 10.2. The van der Waals surface area contributed by atoms with E-state index in [-0.39, 0.29) is 11.6 Å². The van der Waals surface area contributed by atoms with Crippen molar-refractivity contribution in [3.8, 4) is 0 Å². The molecule has 5 heteroatoms. The first-order valence-electron chi connectivity index (χ1n) is 3.98. The molecule has 1 heterocycles. The molecule has 1 rings (SSSR count). The van der Waals surface area contributed by atoms with Crippen LogP contribution in [0.15, 0.2) is 12.3 Å². The van der Waals surface area contributed by atoms with Crippen molar-refractivity contribution in [2.75, 3.05) is 5.32 Å². The summed E-state index contributed by atoms with van der Waals surface area (Å²) in [7, 11) is 0. The molecule has 1 aromatic heterocycles. The normalized spacial score (nSPS) is 9.57. The van der Waals surface area contributed by atoms with Gasteiger partial charge in [0, 0.05) is 6.92 Å². The Morgan fingerprint density at radius 3 is 2.57 bits per heavy atom. The molecule has 0 atom stereocenters. The van der Waals surface area contributed by atoms with Crippen molar-refractivity contribution >= 4 is 17.6 Å². The van der Waals surface area contributed by atoms with Gasteiger partial charge in [0.15, 0.2) is 0 Å². The zero-order valence-corrected chi connectivity index (χ0v) is 7.87.